The second-order valence-corrected chi connectivity index (χ2v) is 7.64. The molecule has 0 unspecified atom stereocenters. The zero-order valence-corrected chi connectivity index (χ0v) is 16.6. The van der Waals surface area contributed by atoms with Crippen LogP contribution in [0.5, 0.6) is 0 Å². The predicted octanol–water partition coefficient (Wildman–Crippen LogP) is 2.90. The number of benzene rings is 2. The average molecular weight is 377 g/mol. The molecule has 28 heavy (non-hydrogen) atoms. The summed E-state index contributed by atoms with van der Waals surface area (Å²) in [5.41, 5.74) is 1.98. The number of hydrogen-bond acceptors (Lipinski definition) is 3. The minimum Gasteiger partial charge on any atom is -0.353 e. The second-order valence-electron chi connectivity index (χ2n) is 7.64. The Bertz CT molecular complexity index is 951. The predicted molar refractivity (Wildman–Crippen MR) is 114 cm³/mol. The number of carbonyl (C=O) groups is 1. The van der Waals surface area contributed by atoms with E-state index < -0.39 is 0 Å². The molecule has 1 fully saturated rings. The first-order valence-corrected chi connectivity index (χ1v) is 9.93. The van der Waals surface area contributed by atoms with Crippen LogP contribution in [-0.2, 0) is 7.05 Å². The van der Waals surface area contributed by atoms with E-state index in [-0.39, 0.29) is 11.9 Å². The monoisotopic (exact) mass is 376 g/mol. The third kappa shape index (κ3) is 3.81. The zero-order chi connectivity index (χ0) is 19.5. The fraction of sp³-hybridized carbons (Fsp3) is 0.348. The number of aromatic nitrogens is 1. The normalized spacial score (nSPS) is 16.9. The summed E-state index contributed by atoms with van der Waals surface area (Å²) >= 11 is 0. The minimum atomic E-state index is -0.00913. The minimum absolute atomic E-state index is 0.00913. The van der Waals surface area contributed by atoms with Crippen molar-refractivity contribution in [3.8, 4) is 0 Å². The maximum atomic E-state index is 13.0. The molecule has 2 aromatic carbocycles. The van der Waals surface area contributed by atoms with Crippen LogP contribution in [-0.4, -0.2) is 60.0 Å². The molecule has 0 radical (unpaired) electrons. The van der Waals surface area contributed by atoms with Gasteiger partial charge >= 0.3 is 0 Å². The van der Waals surface area contributed by atoms with E-state index in [0.717, 1.165) is 42.5 Å². The highest BCUT2D eigenvalue weighted by Crippen LogP contribution is 2.23. The molecule has 1 aliphatic rings. The van der Waals surface area contributed by atoms with Gasteiger partial charge in [-0.25, -0.2) is 0 Å². The van der Waals surface area contributed by atoms with Gasteiger partial charge in [-0.1, -0.05) is 36.4 Å². The van der Waals surface area contributed by atoms with Gasteiger partial charge in [-0.15, -0.1) is 0 Å². The van der Waals surface area contributed by atoms with E-state index >= 15 is 0 Å². The Hall–Kier alpha value is -2.63. The van der Waals surface area contributed by atoms with E-state index in [1.807, 2.05) is 42.5 Å². The first-order chi connectivity index (χ1) is 13.6. The molecule has 1 aliphatic heterocycles. The topological polar surface area (TPSA) is 40.5 Å². The van der Waals surface area contributed by atoms with Crippen molar-refractivity contribution in [2.24, 2.45) is 7.05 Å². The van der Waals surface area contributed by atoms with Crippen LogP contribution in [0.15, 0.2) is 60.8 Å². The molecule has 1 saturated heterocycles. The lowest BCUT2D eigenvalue weighted by molar-refractivity contribution is 0.0878. The fourth-order valence-corrected chi connectivity index (χ4v) is 4.08. The van der Waals surface area contributed by atoms with Crippen molar-refractivity contribution in [3.05, 3.63) is 72.1 Å². The molecule has 0 aliphatic carbocycles. The Morgan fingerprint density at radius 1 is 0.964 bits per heavy atom. The van der Waals surface area contributed by atoms with Crippen LogP contribution in [0.4, 0.5) is 0 Å². The van der Waals surface area contributed by atoms with E-state index in [1.165, 1.54) is 5.69 Å². The molecule has 4 rings (SSSR count). The molecule has 5 heteroatoms. The average Bonchev–Trinajstić information content (AvgIpc) is 3.14. The second kappa shape index (κ2) is 8.17. The van der Waals surface area contributed by atoms with Crippen molar-refractivity contribution >= 4 is 16.7 Å². The van der Waals surface area contributed by atoms with Gasteiger partial charge in [0.25, 0.3) is 5.91 Å². The summed E-state index contributed by atoms with van der Waals surface area (Å²) in [5, 5.41) is 5.30. The van der Waals surface area contributed by atoms with Crippen LogP contribution < -0.4 is 5.32 Å². The summed E-state index contributed by atoms with van der Waals surface area (Å²) in [6.07, 6.45) is 2.07. The van der Waals surface area contributed by atoms with Crippen molar-refractivity contribution in [2.45, 2.75) is 6.04 Å². The number of fused-ring (bicyclic) bond motifs is 1. The number of hydrogen-bond donors (Lipinski definition) is 1. The molecule has 1 amide bonds. The van der Waals surface area contributed by atoms with Gasteiger partial charge < -0.3 is 14.8 Å². The Morgan fingerprint density at radius 2 is 1.71 bits per heavy atom. The van der Waals surface area contributed by atoms with E-state index in [0.29, 0.717) is 6.54 Å². The van der Waals surface area contributed by atoms with Crippen LogP contribution in [0.2, 0.25) is 0 Å². The molecule has 2 heterocycles. The van der Waals surface area contributed by atoms with Gasteiger partial charge in [0.05, 0.1) is 6.04 Å². The highest BCUT2D eigenvalue weighted by molar-refractivity contribution is 6.07. The Morgan fingerprint density at radius 3 is 2.46 bits per heavy atom. The molecule has 0 spiro atoms. The highest BCUT2D eigenvalue weighted by Gasteiger charge is 2.26. The Balaban J connectivity index is 1.54. The molecule has 1 aromatic heterocycles. The van der Waals surface area contributed by atoms with Crippen LogP contribution in [0.1, 0.15) is 22.1 Å². The summed E-state index contributed by atoms with van der Waals surface area (Å²) in [6, 6.07) is 18.4. The lowest BCUT2D eigenvalue weighted by Gasteiger charge is -2.38. The van der Waals surface area contributed by atoms with Crippen molar-refractivity contribution < 1.29 is 4.79 Å². The van der Waals surface area contributed by atoms with Gasteiger partial charge in [-0.3, -0.25) is 9.69 Å². The van der Waals surface area contributed by atoms with E-state index in [9.17, 15) is 4.79 Å². The molecule has 5 nitrogen and oxygen atoms in total. The van der Waals surface area contributed by atoms with Crippen LogP contribution in [0.3, 0.4) is 0 Å². The lowest BCUT2D eigenvalue weighted by atomic mass is 10.0. The molecule has 0 bridgehead atoms. The maximum absolute atomic E-state index is 13.0. The molecule has 3 aromatic rings. The van der Waals surface area contributed by atoms with Crippen LogP contribution in [0.25, 0.3) is 10.8 Å². The van der Waals surface area contributed by atoms with E-state index in [1.54, 1.807) is 0 Å². The number of amides is 1. The lowest BCUT2D eigenvalue weighted by Crippen LogP contribution is -2.48. The first-order valence-electron chi connectivity index (χ1n) is 9.93. The number of aryl methyl sites for hydroxylation is 1. The quantitative estimate of drug-likeness (QED) is 0.744. The van der Waals surface area contributed by atoms with Gasteiger partial charge in [0, 0.05) is 57.2 Å². The summed E-state index contributed by atoms with van der Waals surface area (Å²) in [5.74, 6) is -0.00913. The van der Waals surface area contributed by atoms with Crippen molar-refractivity contribution in [3.63, 3.8) is 0 Å². The molecule has 146 valence electrons. The van der Waals surface area contributed by atoms with Crippen LogP contribution >= 0.6 is 0 Å². The third-order valence-electron chi connectivity index (χ3n) is 5.79. The SMILES string of the molecule is CN1CCN([C@H](CNC(=O)c2cccc3ccccc23)c2cccn2C)CC1. The summed E-state index contributed by atoms with van der Waals surface area (Å²) in [7, 11) is 4.24. The van der Waals surface area contributed by atoms with Crippen molar-refractivity contribution in [1.82, 2.24) is 19.7 Å². The molecule has 0 saturated carbocycles. The molecule has 1 atom stereocenters. The number of piperazine rings is 1. The smallest absolute Gasteiger partial charge is 0.251 e. The number of nitrogens with one attached hydrogen (secondary N) is 1. The Labute approximate surface area is 166 Å². The maximum Gasteiger partial charge on any atom is 0.251 e. The largest absolute Gasteiger partial charge is 0.353 e. The van der Waals surface area contributed by atoms with Gasteiger partial charge in [-0.05, 0) is 36.0 Å². The van der Waals surface area contributed by atoms with E-state index in [2.05, 4.69) is 52.1 Å². The Kier molecular flexibility index (Phi) is 5.46. The van der Waals surface area contributed by atoms with Crippen molar-refractivity contribution in [2.75, 3.05) is 39.8 Å². The summed E-state index contributed by atoms with van der Waals surface area (Å²) in [6.45, 7) is 4.73. The zero-order valence-electron chi connectivity index (χ0n) is 16.6. The van der Waals surface area contributed by atoms with Crippen molar-refractivity contribution in [1.29, 1.82) is 0 Å². The standard InChI is InChI=1S/C23H28N4O/c1-25-13-15-27(16-14-25)22(21-11-6-12-26(21)2)17-24-23(28)20-10-5-8-18-7-3-4-9-19(18)20/h3-12,22H,13-17H2,1-2H3,(H,24,28)/t22-/m1/s1. The molecule has 1 N–H and O–H groups in total. The van der Waals surface area contributed by atoms with Crippen LogP contribution in [0, 0.1) is 0 Å². The highest BCUT2D eigenvalue weighted by atomic mass is 16.1. The molecular weight excluding hydrogens is 348 g/mol. The molecular formula is C23H28N4O. The number of likely N-dealkylation sites (N-methyl/N-ethyl adjacent to an activating group) is 1. The van der Waals surface area contributed by atoms with Gasteiger partial charge in [0.1, 0.15) is 0 Å². The summed E-state index contributed by atoms with van der Waals surface area (Å²) in [4.78, 5) is 17.8. The first kappa shape index (κ1) is 18.7. The van der Waals surface area contributed by atoms with Gasteiger partial charge in [-0.2, -0.15) is 0 Å². The third-order valence-corrected chi connectivity index (χ3v) is 5.79. The fourth-order valence-electron chi connectivity index (χ4n) is 4.08. The van der Waals surface area contributed by atoms with E-state index in [4.69, 9.17) is 0 Å². The number of carbonyl (C=O) groups excluding carboxylic acids is 1. The number of nitrogens with zero attached hydrogens (tertiary/aromatic N) is 3. The van der Waals surface area contributed by atoms with Gasteiger partial charge in [0.15, 0.2) is 0 Å². The summed E-state index contributed by atoms with van der Waals surface area (Å²) < 4.78 is 2.16. The van der Waals surface area contributed by atoms with Gasteiger partial charge in [0.2, 0.25) is 0 Å². The number of rotatable bonds is 5.